The minimum Gasteiger partial charge on any atom is -0.426 e. The van der Waals surface area contributed by atoms with E-state index in [0.717, 1.165) is 12.0 Å². The van der Waals surface area contributed by atoms with Gasteiger partial charge in [0.15, 0.2) is 0 Å². The molecule has 116 valence electrons. The number of carbonyl (C=O) groups excluding carboxylic acids is 1. The smallest absolute Gasteiger partial charge is 0.318 e. The second-order valence-corrected chi connectivity index (χ2v) is 6.05. The lowest BCUT2D eigenvalue weighted by Crippen LogP contribution is -2.16. The number of nitrogen functional groups attached to an aromatic ring is 1. The molecule has 2 N–H and O–H groups in total. The highest BCUT2D eigenvalue weighted by molar-refractivity contribution is 5.80. The molecule has 0 aliphatic heterocycles. The van der Waals surface area contributed by atoms with Crippen LogP contribution in [0.4, 0.5) is 5.69 Å². The maximum atomic E-state index is 12.2. The lowest BCUT2D eigenvalue weighted by molar-refractivity contribution is -0.135. The van der Waals surface area contributed by atoms with Gasteiger partial charge in [-0.1, -0.05) is 38.1 Å². The van der Waals surface area contributed by atoms with Crippen LogP contribution in [0.15, 0.2) is 48.5 Å². The first-order chi connectivity index (χ1) is 10.5. The Bertz CT molecular complexity index is 615. The van der Waals surface area contributed by atoms with E-state index in [1.165, 1.54) is 5.56 Å². The minimum absolute atomic E-state index is 0.263. The fourth-order valence-electron chi connectivity index (χ4n) is 2.29. The summed E-state index contributed by atoms with van der Waals surface area (Å²) in [5.41, 5.74) is 8.52. The molecule has 2 aromatic rings. The Balaban J connectivity index is 2.02. The number of hydrogen-bond acceptors (Lipinski definition) is 3. The molecule has 0 heterocycles. The first kappa shape index (κ1) is 16.1. The number of hydrogen-bond donors (Lipinski definition) is 1. The summed E-state index contributed by atoms with van der Waals surface area (Å²) >= 11 is 0. The molecule has 1 atom stereocenters. The lowest BCUT2D eigenvalue weighted by Gasteiger charge is -2.13. The van der Waals surface area contributed by atoms with E-state index in [9.17, 15) is 4.79 Å². The van der Waals surface area contributed by atoms with Crippen LogP contribution in [0.3, 0.4) is 0 Å². The van der Waals surface area contributed by atoms with Crippen molar-refractivity contribution in [2.24, 2.45) is 5.92 Å². The maximum Gasteiger partial charge on any atom is 0.318 e. The van der Waals surface area contributed by atoms with Gasteiger partial charge in [-0.3, -0.25) is 4.79 Å². The van der Waals surface area contributed by atoms with Crippen LogP contribution < -0.4 is 10.5 Å². The third-order valence-electron chi connectivity index (χ3n) is 3.58. The summed E-state index contributed by atoms with van der Waals surface area (Å²) in [6.45, 7) is 6.25. The van der Waals surface area contributed by atoms with Crippen LogP contribution in [0.1, 0.15) is 37.8 Å². The third kappa shape index (κ3) is 4.35. The lowest BCUT2D eigenvalue weighted by atomic mass is 9.97. The molecule has 3 nitrogen and oxygen atoms in total. The molecular formula is C19H23NO2. The summed E-state index contributed by atoms with van der Waals surface area (Å²) in [5.74, 6) is 0.577. The van der Waals surface area contributed by atoms with Crippen LogP contribution >= 0.6 is 0 Å². The zero-order chi connectivity index (χ0) is 16.1. The van der Waals surface area contributed by atoms with Gasteiger partial charge in [0.05, 0.1) is 5.92 Å². The zero-order valence-electron chi connectivity index (χ0n) is 13.4. The number of carbonyl (C=O) groups is 1. The molecule has 0 spiro atoms. The fourth-order valence-corrected chi connectivity index (χ4v) is 2.29. The predicted octanol–water partition coefficient (Wildman–Crippen LogP) is 4.18. The Labute approximate surface area is 132 Å². The molecule has 0 fully saturated rings. The van der Waals surface area contributed by atoms with Crippen molar-refractivity contribution < 1.29 is 9.53 Å². The molecule has 22 heavy (non-hydrogen) atoms. The molecule has 2 aromatic carbocycles. The van der Waals surface area contributed by atoms with Crippen LogP contribution in [0.5, 0.6) is 5.75 Å². The summed E-state index contributed by atoms with van der Waals surface area (Å²) in [6.07, 6.45) is 1.05. The van der Waals surface area contributed by atoms with Crippen molar-refractivity contribution in [3.05, 3.63) is 59.7 Å². The molecule has 0 saturated heterocycles. The van der Waals surface area contributed by atoms with Crippen LogP contribution in [0.2, 0.25) is 0 Å². The van der Waals surface area contributed by atoms with Crippen molar-refractivity contribution >= 4 is 11.7 Å². The molecule has 0 aliphatic carbocycles. The van der Waals surface area contributed by atoms with Gasteiger partial charge in [0.1, 0.15) is 5.75 Å². The Morgan fingerprint density at radius 3 is 2.14 bits per heavy atom. The average molecular weight is 297 g/mol. The van der Waals surface area contributed by atoms with Gasteiger partial charge in [-0.05, 0) is 54.7 Å². The SMILES string of the molecule is CC(C)Cc1ccc(C(C)C(=O)Oc2ccc(N)cc2)cc1. The molecule has 0 bridgehead atoms. The fraction of sp³-hybridized carbons (Fsp3) is 0.316. The second kappa shape index (κ2) is 7.12. The zero-order valence-corrected chi connectivity index (χ0v) is 13.4. The van der Waals surface area contributed by atoms with Crippen molar-refractivity contribution in [3.63, 3.8) is 0 Å². The van der Waals surface area contributed by atoms with E-state index < -0.39 is 0 Å². The van der Waals surface area contributed by atoms with Gasteiger partial charge in [-0.25, -0.2) is 0 Å². The molecule has 1 unspecified atom stereocenters. The number of benzene rings is 2. The molecule has 0 aliphatic rings. The van der Waals surface area contributed by atoms with Gasteiger partial charge in [0.2, 0.25) is 0 Å². The highest BCUT2D eigenvalue weighted by Gasteiger charge is 2.17. The number of ether oxygens (including phenoxy) is 1. The predicted molar refractivity (Wildman–Crippen MR) is 89.9 cm³/mol. The summed E-state index contributed by atoms with van der Waals surface area (Å²) in [6, 6.07) is 15.0. The quantitative estimate of drug-likeness (QED) is 0.512. The van der Waals surface area contributed by atoms with Crippen molar-refractivity contribution in [3.8, 4) is 5.75 Å². The third-order valence-corrected chi connectivity index (χ3v) is 3.58. The van der Waals surface area contributed by atoms with E-state index in [2.05, 4.69) is 26.0 Å². The van der Waals surface area contributed by atoms with Gasteiger partial charge in [-0.15, -0.1) is 0 Å². The van der Waals surface area contributed by atoms with Crippen LogP contribution in [-0.4, -0.2) is 5.97 Å². The van der Waals surface area contributed by atoms with Crippen molar-refractivity contribution in [2.45, 2.75) is 33.1 Å². The molecule has 0 amide bonds. The first-order valence-electron chi connectivity index (χ1n) is 7.61. The normalized spacial score (nSPS) is 12.2. The molecule has 2 rings (SSSR count). The molecule has 0 aromatic heterocycles. The molecule has 0 saturated carbocycles. The second-order valence-electron chi connectivity index (χ2n) is 6.05. The number of anilines is 1. The largest absolute Gasteiger partial charge is 0.426 e. The Morgan fingerprint density at radius 2 is 1.59 bits per heavy atom. The van der Waals surface area contributed by atoms with Gasteiger partial charge < -0.3 is 10.5 Å². The van der Waals surface area contributed by atoms with Crippen molar-refractivity contribution in [2.75, 3.05) is 5.73 Å². The van der Waals surface area contributed by atoms with Gasteiger partial charge >= 0.3 is 5.97 Å². The van der Waals surface area contributed by atoms with Gasteiger partial charge in [0.25, 0.3) is 0 Å². The van der Waals surface area contributed by atoms with E-state index >= 15 is 0 Å². The van der Waals surface area contributed by atoms with E-state index in [1.807, 2.05) is 19.1 Å². The summed E-state index contributed by atoms with van der Waals surface area (Å²) < 4.78 is 5.39. The monoisotopic (exact) mass is 297 g/mol. The highest BCUT2D eigenvalue weighted by atomic mass is 16.5. The van der Waals surface area contributed by atoms with Crippen LogP contribution in [0.25, 0.3) is 0 Å². The first-order valence-corrected chi connectivity index (χ1v) is 7.61. The number of rotatable bonds is 5. The standard InChI is InChI=1S/C19H23NO2/c1-13(2)12-15-4-6-16(7-5-15)14(3)19(21)22-18-10-8-17(20)9-11-18/h4-11,13-14H,12,20H2,1-3H3. The van der Waals surface area contributed by atoms with Crippen molar-refractivity contribution in [1.29, 1.82) is 0 Å². The van der Waals surface area contributed by atoms with Crippen molar-refractivity contribution in [1.82, 2.24) is 0 Å². The van der Waals surface area contributed by atoms with Crippen LogP contribution in [0, 0.1) is 5.92 Å². The molecule has 3 heteroatoms. The Kier molecular flexibility index (Phi) is 5.21. The van der Waals surface area contributed by atoms with Crippen LogP contribution in [-0.2, 0) is 11.2 Å². The number of nitrogens with two attached hydrogens (primary N) is 1. The van der Waals surface area contributed by atoms with E-state index in [4.69, 9.17) is 10.5 Å². The number of esters is 1. The minimum atomic E-state index is -0.300. The summed E-state index contributed by atoms with van der Waals surface area (Å²) in [7, 11) is 0. The van der Waals surface area contributed by atoms with E-state index in [0.29, 0.717) is 17.4 Å². The van der Waals surface area contributed by atoms with E-state index in [1.54, 1.807) is 24.3 Å². The Hall–Kier alpha value is -2.29. The topological polar surface area (TPSA) is 52.3 Å². The molecular weight excluding hydrogens is 274 g/mol. The average Bonchev–Trinajstić information content (AvgIpc) is 2.49. The maximum absolute atomic E-state index is 12.2. The van der Waals surface area contributed by atoms with Gasteiger partial charge in [0, 0.05) is 5.69 Å². The van der Waals surface area contributed by atoms with Gasteiger partial charge in [-0.2, -0.15) is 0 Å². The summed E-state index contributed by atoms with van der Waals surface area (Å²) in [4.78, 5) is 12.2. The Morgan fingerprint density at radius 1 is 1.00 bits per heavy atom. The molecule has 0 radical (unpaired) electrons. The highest BCUT2D eigenvalue weighted by Crippen LogP contribution is 2.21. The summed E-state index contributed by atoms with van der Waals surface area (Å²) in [5, 5.41) is 0. The van der Waals surface area contributed by atoms with E-state index in [-0.39, 0.29) is 11.9 Å².